The maximum atomic E-state index is 13.5. The van der Waals surface area contributed by atoms with Crippen molar-refractivity contribution in [3.63, 3.8) is 0 Å². The molecule has 2 bridgehead atoms. The van der Waals surface area contributed by atoms with Gasteiger partial charge in [-0.05, 0) is 102 Å². The van der Waals surface area contributed by atoms with Crippen molar-refractivity contribution in [2.75, 3.05) is 25.6 Å². The monoisotopic (exact) mass is 745 g/mol. The molecule has 7 rings (SSSR count). The van der Waals surface area contributed by atoms with Gasteiger partial charge in [0.1, 0.15) is 6.04 Å². The van der Waals surface area contributed by atoms with Crippen LogP contribution in [0.4, 0.5) is 5.95 Å². The van der Waals surface area contributed by atoms with Gasteiger partial charge >= 0.3 is 5.97 Å². The lowest BCUT2D eigenvalue weighted by Crippen LogP contribution is -2.69. The van der Waals surface area contributed by atoms with Crippen LogP contribution in [0.5, 0.6) is 0 Å². The number of tetrazole rings is 1. The second-order valence-corrected chi connectivity index (χ2v) is 20.2. The summed E-state index contributed by atoms with van der Waals surface area (Å²) in [5.74, 6) is 0.753. The van der Waals surface area contributed by atoms with E-state index in [1.54, 1.807) is 4.80 Å². The molecule has 1 aromatic carbocycles. The van der Waals surface area contributed by atoms with E-state index in [0.717, 1.165) is 45.1 Å². The number of carbonyl (C=O) groups is 1. The van der Waals surface area contributed by atoms with Crippen molar-refractivity contribution in [2.45, 2.75) is 132 Å². The molecule has 1 aliphatic heterocycles. The van der Waals surface area contributed by atoms with Crippen LogP contribution in [-0.4, -0.2) is 62.7 Å². The zero-order chi connectivity index (χ0) is 39.1. The summed E-state index contributed by atoms with van der Waals surface area (Å²) < 4.78 is 14.1. The number of anilines is 1. The summed E-state index contributed by atoms with van der Waals surface area (Å²) in [7, 11) is 0. The van der Waals surface area contributed by atoms with Crippen molar-refractivity contribution in [3.8, 4) is 0 Å². The lowest BCUT2D eigenvalue weighted by molar-refractivity contribution is -0.254. The number of aliphatic carboxylic acids is 1. The van der Waals surface area contributed by atoms with Gasteiger partial charge in [0, 0.05) is 22.9 Å². The summed E-state index contributed by atoms with van der Waals surface area (Å²) in [5.41, 5.74) is 7.22. The highest BCUT2D eigenvalue weighted by Crippen LogP contribution is 2.75. The standard InChI is InChI=1S/C44H68N6O4/c1-27(2)29(5)39(6)20-21-41(8)31-16-17-34-40(7)24-53-26-44(34,32(31)18-19-42(41,9)35(39)37(51)52)22-33(50-48-38(45)47-49-50)36(40)54-25-43(10,28(3)4)46-23-30-14-12-11-13-15-30/h11-15,18,27-29,31,33-36,46H,16-17,19-26H2,1-10H3,(H2,45,48)(H,51,52)/t29-,31+,33-,34+,35-,36+,39-,40-,41-,42+,43+,44+/m1/s1. The van der Waals surface area contributed by atoms with Gasteiger partial charge in [0.2, 0.25) is 0 Å². The highest BCUT2D eigenvalue weighted by molar-refractivity contribution is 5.73. The highest BCUT2D eigenvalue weighted by Gasteiger charge is 2.72. The highest BCUT2D eigenvalue weighted by atomic mass is 16.5. The summed E-state index contributed by atoms with van der Waals surface area (Å²) in [4.78, 5) is 15.3. The van der Waals surface area contributed by atoms with Crippen molar-refractivity contribution in [3.05, 3.63) is 47.5 Å². The molecular weight excluding hydrogens is 677 g/mol. The minimum atomic E-state index is -0.630. The number of benzene rings is 1. The fourth-order valence-corrected chi connectivity index (χ4v) is 13.1. The third-order valence-corrected chi connectivity index (χ3v) is 17.2. The number of hydrogen-bond donors (Lipinski definition) is 3. The molecule has 3 saturated carbocycles. The molecule has 298 valence electrons. The van der Waals surface area contributed by atoms with E-state index in [4.69, 9.17) is 15.2 Å². The molecule has 2 aromatic rings. The third-order valence-electron chi connectivity index (χ3n) is 17.2. The molecule has 0 radical (unpaired) electrons. The topological polar surface area (TPSA) is 137 Å². The Hall–Kier alpha value is -2.82. The van der Waals surface area contributed by atoms with Crippen LogP contribution in [0.3, 0.4) is 0 Å². The molecule has 4 aliphatic carbocycles. The van der Waals surface area contributed by atoms with Gasteiger partial charge in [0.15, 0.2) is 0 Å². The van der Waals surface area contributed by atoms with Crippen LogP contribution in [-0.2, 0) is 20.8 Å². The molecule has 4 fully saturated rings. The fourth-order valence-electron chi connectivity index (χ4n) is 13.1. The second kappa shape index (κ2) is 13.7. The first kappa shape index (κ1) is 39.4. The van der Waals surface area contributed by atoms with Gasteiger partial charge < -0.3 is 25.6 Å². The zero-order valence-corrected chi connectivity index (χ0v) is 34.7. The number of aromatic nitrogens is 4. The molecule has 12 atom stereocenters. The number of nitrogen functional groups attached to an aromatic ring is 1. The average Bonchev–Trinajstić information content (AvgIpc) is 3.56. The normalized spacial score (nSPS) is 40.6. The maximum absolute atomic E-state index is 13.5. The van der Waals surface area contributed by atoms with Crippen molar-refractivity contribution < 1.29 is 19.4 Å². The average molecular weight is 745 g/mol. The summed E-state index contributed by atoms with van der Waals surface area (Å²) >= 11 is 0. The van der Waals surface area contributed by atoms with Crippen molar-refractivity contribution in [1.82, 2.24) is 25.5 Å². The number of nitrogens with one attached hydrogen (secondary N) is 1. The van der Waals surface area contributed by atoms with E-state index < -0.39 is 11.9 Å². The van der Waals surface area contributed by atoms with Crippen molar-refractivity contribution in [2.24, 2.45) is 62.6 Å². The Morgan fingerprint density at radius 3 is 2.43 bits per heavy atom. The lowest BCUT2D eigenvalue weighted by atomic mass is 9.34. The van der Waals surface area contributed by atoms with E-state index in [1.165, 1.54) is 11.1 Å². The quantitative estimate of drug-likeness (QED) is 0.196. The fraction of sp³-hybridized carbons (Fsp3) is 0.773. The molecule has 1 saturated heterocycles. The van der Waals surface area contributed by atoms with Crippen LogP contribution in [0.1, 0.15) is 119 Å². The molecule has 54 heavy (non-hydrogen) atoms. The van der Waals surface area contributed by atoms with Crippen LogP contribution >= 0.6 is 0 Å². The van der Waals surface area contributed by atoms with Crippen molar-refractivity contribution in [1.29, 1.82) is 0 Å². The minimum Gasteiger partial charge on any atom is -0.481 e. The second-order valence-electron chi connectivity index (χ2n) is 20.2. The van der Waals surface area contributed by atoms with Gasteiger partial charge in [-0.25, -0.2) is 0 Å². The number of carboxylic acid groups (broad SMARTS) is 1. The molecule has 1 aromatic heterocycles. The first-order valence-electron chi connectivity index (χ1n) is 20.8. The van der Waals surface area contributed by atoms with Gasteiger partial charge in [-0.1, -0.05) is 109 Å². The summed E-state index contributed by atoms with van der Waals surface area (Å²) in [6.07, 6.45) is 7.86. The van der Waals surface area contributed by atoms with E-state index in [0.29, 0.717) is 43.5 Å². The molecule has 4 N–H and O–H groups in total. The SMILES string of the molecule is CC(C)[C@@H](C)[C@@]1(C)CC[C@]2(C)[C@H]3CC[C@@H]4[C@@]5(COC[C@@]4(C)[C@@H](OC[C@](C)(NCc4ccccc4)C(C)C)[C@H](n4nnc(N)n4)C5)C3=CC[C@@]2(C)[C@@H]1C(=O)O. The molecule has 10 heteroatoms. The van der Waals surface area contributed by atoms with Crippen LogP contribution < -0.4 is 11.1 Å². The van der Waals surface area contributed by atoms with Crippen LogP contribution in [0.15, 0.2) is 42.0 Å². The predicted octanol–water partition coefficient (Wildman–Crippen LogP) is 7.97. The Morgan fingerprint density at radius 1 is 1.07 bits per heavy atom. The molecule has 0 amide bonds. The smallest absolute Gasteiger partial charge is 0.307 e. The Morgan fingerprint density at radius 2 is 1.80 bits per heavy atom. The number of ether oxygens (including phenoxy) is 2. The predicted molar refractivity (Wildman–Crippen MR) is 211 cm³/mol. The van der Waals surface area contributed by atoms with Crippen LogP contribution in [0.2, 0.25) is 0 Å². The largest absolute Gasteiger partial charge is 0.481 e. The van der Waals surface area contributed by atoms with E-state index in [9.17, 15) is 9.90 Å². The molecule has 2 heterocycles. The molecule has 0 unspecified atom stereocenters. The van der Waals surface area contributed by atoms with E-state index in [1.807, 2.05) is 0 Å². The van der Waals surface area contributed by atoms with Gasteiger partial charge in [-0.15, -0.1) is 5.10 Å². The van der Waals surface area contributed by atoms with Gasteiger partial charge in [0.25, 0.3) is 5.95 Å². The Kier molecular flexibility index (Phi) is 9.99. The summed E-state index contributed by atoms with van der Waals surface area (Å²) in [6, 6.07) is 10.3. The Balaban J connectivity index is 1.26. The summed E-state index contributed by atoms with van der Waals surface area (Å²) in [5, 5.41) is 28.3. The Labute approximate surface area is 323 Å². The first-order chi connectivity index (χ1) is 25.4. The van der Waals surface area contributed by atoms with Gasteiger partial charge in [-0.2, -0.15) is 4.80 Å². The van der Waals surface area contributed by atoms with Crippen molar-refractivity contribution >= 4 is 11.9 Å². The summed E-state index contributed by atoms with van der Waals surface area (Å²) in [6.45, 7) is 25.5. The number of rotatable bonds is 11. The van der Waals surface area contributed by atoms with E-state index in [2.05, 4.69) is 126 Å². The molecule has 10 nitrogen and oxygen atoms in total. The number of fused-ring (bicyclic) bond motifs is 3. The Bertz CT molecular complexity index is 1730. The van der Waals surface area contributed by atoms with E-state index >= 15 is 0 Å². The number of nitrogens with two attached hydrogens (primary N) is 1. The van der Waals surface area contributed by atoms with Gasteiger partial charge in [0.05, 0.1) is 31.8 Å². The van der Waals surface area contributed by atoms with Crippen LogP contribution in [0, 0.1) is 62.6 Å². The number of carboxylic acids is 1. The molecular formula is C44H68N6O4. The van der Waals surface area contributed by atoms with E-state index in [-0.39, 0.29) is 56.6 Å². The number of allylic oxidation sites excluding steroid dienone is 1. The van der Waals surface area contributed by atoms with Crippen LogP contribution in [0.25, 0.3) is 0 Å². The third kappa shape index (κ3) is 5.81. The lowest BCUT2D eigenvalue weighted by Gasteiger charge is -2.71. The maximum Gasteiger partial charge on any atom is 0.307 e. The number of hydrogen-bond acceptors (Lipinski definition) is 8. The minimum absolute atomic E-state index is 0.161. The zero-order valence-electron chi connectivity index (χ0n) is 34.7. The first-order valence-corrected chi connectivity index (χ1v) is 20.8. The number of nitrogens with zero attached hydrogens (tertiary/aromatic N) is 4. The molecule has 5 aliphatic rings. The molecule has 0 spiro atoms. The van der Waals surface area contributed by atoms with Gasteiger partial charge in [-0.3, -0.25) is 4.79 Å².